The number of likely N-dealkylation sites (tertiary alicyclic amines) is 1. The van der Waals surface area contributed by atoms with Crippen LogP contribution in [-0.4, -0.2) is 45.3 Å². The van der Waals surface area contributed by atoms with Crippen LogP contribution in [0.1, 0.15) is 46.1 Å². The van der Waals surface area contributed by atoms with Crippen LogP contribution in [0.4, 0.5) is 0 Å². The zero-order valence-electron chi connectivity index (χ0n) is 19.8. The Hall–Kier alpha value is -3.38. The van der Waals surface area contributed by atoms with Crippen LogP contribution in [0.3, 0.4) is 0 Å². The number of nitrogens with two attached hydrogens (primary N) is 1. The number of amides is 1. The van der Waals surface area contributed by atoms with Crippen LogP contribution < -0.4 is 5.73 Å². The van der Waals surface area contributed by atoms with Crippen LogP contribution in [0.25, 0.3) is 16.6 Å². The van der Waals surface area contributed by atoms with Crippen molar-refractivity contribution in [1.29, 1.82) is 0 Å². The summed E-state index contributed by atoms with van der Waals surface area (Å²) in [6, 6.07) is 19.4. The third-order valence-corrected chi connectivity index (χ3v) is 7.88. The Balaban J connectivity index is 1.19. The number of aromatic nitrogens is 3. The molecule has 2 aliphatic rings. The summed E-state index contributed by atoms with van der Waals surface area (Å²) in [5, 5.41) is 5.50. The smallest absolute Gasteiger partial charge is 0.269 e. The highest BCUT2D eigenvalue weighted by atomic mass is 16.1. The van der Waals surface area contributed by atoms with Crippen LogP contribution in [0, 0.1) is 18.8 Å². The number of carbonyl (C=O) groups excluding carboxylic acids is 1. The van der Waals surface area contributed by atoms with Crippen LogP contribution >= 0.6 is 0 Å². The first-order valence-electron chi connectivity index (χ1n) is 12.2. The summed E-state index contributed by atoms with van der Waals surface area (Å²) < 4.78 is 4.06. The van der Waals surface area contributed by atoms with Gasteiger partial charge in [0.2, 0.25) is 0 Å². The van der Waals surface area contributed by atoms with Gasteiger partial charge in [-0.05, 0) is 86.0 Å². The van der Waals surface area contributed by atoms with Crippen molar-refractivity contribution in [2.24, 2.45) is 17.6 Å². The lowest BCUT2D eigenvalue weighted by atomic mass is 9.95. The maximum Gasteiger partial charge on any atom is 0.269 e. The normalized spacial score (nSPS) is 22.5. The monoisotopic (exact) mass is 453 g/mol. The Morgan fingerprint density at radius 1 is 1.03 bits per heavy atom. The molecular weight excluding hydrogens is 422 g/mol. The minimum absolute atomic E-state index is 0.284. The molecule has 174 valence electrons. The van der Waals surface area contributed by atoms with Gasteiger partial charge in [0.1, 0.15) is 0 Å². The summed E-state index contributed by atoms with van der Waals surface area (Å²) in [6.45, 7) is 5.31. The number of hydrogen-bond donors (Lipinski definition) is 1. The van der Waals surface area contributed by atoms with Crippen molar-refractivity contribution < 1.29 is 4.79 Å². The molecule has 1 aliphatic carbocycles. The molecule has 2 fully saturated rings. The molecule has 1 amide bonds. The number of rotatable bonds is 5. The average molecular weight is 454 g/mol. The number of nitrogens with zero attached hydrogens (tertiary/aromatic N) is 4. The van der Waals surface area contributed by atoms with Gasteiger partial charge in [0, 0.05) is 42.4 Å². The van der Waals surface area contributed by atoms with E-state index >= 15 is 0 Å². The summed E-state index contributed by atoms with van der Waals surface area (Å²) in [4.78, 5) is 14.0. The molecule has 2 aromatic heterocycles. The van der Waals surface area contributed by atoms with E-state index in [9.17, 15) is 4.79 Å². The maximum atomic E-state index is 11.5. The predicted octanol–water partition coefficient (Wildman–Crippen LogP) is 4.34. The van der Waals surface area contributed by atoms with Crippen LogP contribution in [-0.2, 0) is 6.54 Å². The Bertz CT molecular complexity index is 1350. The Kier molecular flexibility index (Phi) is 5.06. The lowest BCUT2D eigenvalue weighted by Gasteiger charge is -2.15. The molecule has 0 spiro atoms. The maximum absolute atomic E-state index is 11.5. The van der Waals surface area contributed by atoms with Gasteiger partial charge in [-0.3, -0.25) is 4.79 Å². The van der Waals surface area contributed by atoms with E-state index in [0.29, 0.717) is 0 Å². The minimum atomic E-state index is -0.511. The molecule has 3 heterocycles. The number of carbonyl (C=O) groups is 1. The highest BCUT2D eigenvalue weighted by Crippen LogP contribution is 2.45. The molecule has 6 rings (SSSR count). The Morgan fingerprint density at radius 2 is 1.76 bits per heavy atom. The molecular formula is C28H31N5O. The summed E-state index contributed by atoms with van der Waals surface area (Å²) in [6.07, 6.45) is 4.83. The second-order valence-corrected chi connectivity index (χ2v) is 10.3. The lowest BCUT2D eigenvalue weighted by Crippen LogP contribution is -2.16. The van der Waals surface area contributed by atoms with Crippen molar-refractivity contribution in [3.05, 3.63) is 83.3 Å². The number of hydrogen-bond acceptors (Lipinski definition) is 3. The van der Waals surface area contributed by atoms with E-state index in [4.69, 9.17) is 5.73 Å². The zero-order chi connectivity index (χ0) is 23.4. The van der Waals surface area contributed by atoms with Gasteiger partial charge < -0.3 is 15.2 Å². The van der Waals surface area contributed by atoms with Crippen molar-refractivity contribution in [1.82, 2.24) is 19.2 Å². The average Bonchev–Trinajstić information content (AvgIpc) is 3.57. The van der Waals surface area contributed by atoms with E-state index in [1.165, 1.54) is 42.6 Å². The van der Waals surface area contributed by atoms with Gasteiger partial charge in [-0.25, -0.2) is 4.68 Å². The molecule has 0 radical (unpaired) electrons. The fraction of sp³-hybridized carbons (Fsp3) is 0.357. The van der Waals surface area contributed by atoms with Crippen molar-refractivity contribution in [2.45, 2.75) is 32.2 Å². The highest BCUT2D eigenvalue weighted by Gasteiger charge is 2.39. The summed E-state index contributed by atoms with van der Waals surface area (Å²) >= 11 is 0. The van der Waals surface area contributed by atoms with Gasteiger partial charge in [0.05, 0.1) is 5.69 Å². The summed E-state index contributed by atoms with van der Waals surface area (Å²) in [7, 11) is 2.26. The zero-order valence-corrected chi connectivity index (χ0v) is 19.8. The van der Waals surface area contributed by atoms with Gasteiger partial charge in [-0.1, -0.05) is 24.3 Å². The first kappa shape index (κ1) is 21.2. The van der Waals surface area contributed by atoms with E-state index in [0.717, 1.165) is 41.1 Å². The molecule has 1 aliphatic heterocycles. The van der Waals surface area contributed by atoms with E-state index < -0.39 is 5.91 Å². The fourth-order valence-corrected chi connectivity index (χ4v) is 6.21. The van der Waals surface area contributed by atoms with E-state index in [1.807, 2.05) is 13.0 Å². The van der Waals surface area contributed by atoms with Crippen LogP contribution in [0.2, 0.25) is 0 Å². The van der Waals surface area contributed by atoms with Crippen LogP contribution in [0.15, 0.2) is 60.8 Å². The second kappa shape index (κ2) is 8.13. The Morgan fingerprint density at radius 3 is 2.44 bits per heavy atom. The van der Waals surface area contributed by atoms with Crippen molar-refractivity contribution >= 4 is 16.8 Å². The van der Waals surface area contributed by atoms with E-state index in [-0.39, 0.29) is 5.69 Å². The number of primary amides is 1. The molecule has 1 saturated heterocycles. The van der Waals surface area contributed by atoms with Crippen LogP contribution in [0.5, 0.6) is 0 Å². The highest BCUT2D eigenvalue weighted by molar-refractivity contribution is 5.91. The summed E-state index contributed by atoms with van der Waals surface area (Å²) in [5.41, 5.74) is 11.5. The number of aryl methyl sites for hydroxylation is 1. The standard InChI is InChI=1S/C28H31N5O/c1-18-11-26(28(29)34)30-33(18)25-7-8-27-21(14-25)9-10-32(27)15-19-3-5-20(6-4-19)22-12-23-16-31(2)17-24(23)13-22/h3-11,14,22-24H,12-13,15-17H2,1-2H3,(H2,29,34)/t22-,23-,24+. The third kappa shape index (κ3) is 3.72. The predicted molar refractivity (Wildman–Crippen MR) is 134 cm³/mol. The molecule has 34 heavy (non-hydrogen) atoms. The van der Waals surface area contributed by atoms with Gasteiger partial charge >= 0.3 is 0 Å². The van der Waals surface area contributed by atoms with Crippen molar-refractivity contribution in [3.63, 3.8) is 0 Å². The largest absolute Gasteiger partial charge is 0.364 e. The van der Waals surface area contributed by atoms with Gasteiger partial charge in [-0.15, -0.1) is 0 Å². The van der Waals surface area contributed by atoms with E-state index in [1.54, 1.807) is 10.7 Å². The van der Waals surface area contributed by atoms with Crippen molar-refractivity contribution in [2.75, 3.05) is 20.1 Å². The molecule has 6 heteroatoms. The lowest BCUT2D eigenvalue weighted by molar-refractivity contribution is 0.0995. The number of fused-ring (bicyclic) bond motifs is 2. The molecule has 6 nitrogen and oxygen atoms in total. The minimum Gasteiger partial charge on any atom is -0.364 e. The SMILES string of the molecule is Cc1cc(C(N)=O)nn1-c1ccc2c(ccn2Cc2ccc([C@@H]3C[C@@H]4CN(C)C[C@@H]4C3)cc2)c1. The molecule has 0 bridgehead atoms. The molecule has 3 atom stereocenters. The van der Waals surface area contributed by atoms with Gasteiger partial charge in [0.15, 0.2) is 5.69 Å². The quantitative estimate of drug-likeness (QED) is 0.489. The third-order valence-electron chi connectivity index (χ3n) is 7.88. The Labute approximate surface area is 200 Å². The van der Waals surface area contributed by atoms with Gasteiger partial charge in [0.25, 0.3) is 5.91 Å². The number of benzene rings is 2. The molecule has 2 aromatic carbocycles. The van der Waals surface area contributed by atoms with E-state index in [2.05, 4.69) is 70.3 Å². The first-order chi connectivity index (χ1) is 16.4. The topological polar surface area (TPSA) is 69.1 Å². The fourth-order valence-electron chi connectivity index (χ4n) is 6.21. The van der Waals surface area contributed by atoms with Crippen molar-refractivity contribution in [3.8, 4) is 5.69 Å². The second-order valence-electron chi connectivity index (χ2n) is 10.3. The van der Waals surface area contributed by atoms with Gasteiger partial charge in [-0.2, -0.15) is 5.10 Å². The molecule has 0 unspecified atom stereocenters. The molecule has 4 aromatic rings. The summed E-state index contributed by atoms with van der Waals surface area (Å²) in [5.74, 6) is 1.99. The first-order valence-corrected chi connectivity index (χ1v) is 12.2. The molecule has 2 N–H and O–H groups in total. The molecule has 1 saturated carbocycles.